The summed E-state index contributed by atoms with van der Waals surface area (Å²) in [6.45, 7) is 18.4. The summed E-state index contributed by atoms with van der Waals surface area (Å²) in [7, 11) is 2.21. The fourth-order valence-corrected chi connectivity index (χ4v) is 3.85. The lowest BCUT2D eigenvalue weighted by molar-refractivity contribution is 0.109. The minimum absolute atomic E-state index is 0.482. The van der Waals surface area contributed by atoms with Crippen LogP contribution in [0.2, 0.25) is 0 Å². The van der Waals surface area contributed by atoms with Crippen molar-refractivity contribution < 1.29 is 0 Å². The predicted octanol–water partition coefficient (Wildman–Crippen LogP) is 2.48. The maximum absolute atomic E-state index is 4.86. The number of aliphatic imine (C=N–C) groups is 1. The minimum Gasteiger partial charge on any atom is -0.357 e. The van der Waals surface area contributed by atoms with Gasteiger partial charge in [0.1, 0.15) is 0 Å². The maximum atomic E-state index is 4.86. The Hall–Kier alpha value is -1.63. The standard InChI is InChI=1S/C24H44N6/c1-6-25-24(27-19-22(4)30-17-15-29(7-2)16-18-30)26-14-13-21(3)28(5)20-23-11-9-8-10-12-23/h8-12,21-22H,6-7,13-20H2,1-5H3,(H2,25,26,27). The van der Waals surface area contributed by atoms with Crippen molar-refractivity contribution in [3.05, 3.63) is 35.9 Å². The Bertz CT molecular complexity index is 597. The Labute approximate surface area is 184 Å². The van der Waals surface area contributed by atoms with Crippen molar-refractivity contribution in [2.75, 3.05) is 59.4 Å². The first-order chi connectivity index (χ1) is 14.5. The molecular weight excluding hydrogens is 372 g/mol. The molecule has 0 aromatic heterocycles. The molecule has 1 aromatic carbocycles. The fraction of sp³-hybridized carbons (Fsp3) is 0.708. The summed E-state index contributed by atoms with van der Waals surface area (Å²) >= 11 is 0. The van der Waals surface area contributed by atoms with Crippen molar-refractivity contribution in [3.8, 4) is 0 Å². The summed E-state index contributed by atoms with van der Waals surface area (Å²) in [5, 5.41) is 6.93. The van der Waals surface area contributed by atoms with E-state index in [2.05, 4.69) is 90.4 Å². The van der Waals surface area contributed by atoms with Crippen LogP contribution in [0.1, 0.15) is 39.7 Å². The number of hydrogen-bond acceptors (Lipinski definition) is 4. The van der Waals surface area contributed by atoms with Crippen molar-refractivity contribution >= 4 is 5.96 Å². The smallest absolute Gasteiger partial charge is 0.191 e. The quantitative estimate of drug-likeness (QED) is 0.429. The third-order valence-electron chi connectivity index (χ3n) is 6.22. The highest BCUT2D eigenvalue weighted by atomic mass is 15.3. The summed E-state index contributed by atoms with van der Waals surface area (Å²) in [4.78, 5) is 12.4. The number of likely N-dealkylation sites (N-methyl/N-ethyl adjacent to an activating group) is 1. The average Bonchev–Trinajstić information content (AvgIpc) is 2.77. The van der Waals surface area contributed by atoms with Crippen LogP contribution in [0, 0.1) is 0 Å². The first-order valence-electron chi connectivity index (χ1n) is 11.8. The molecule has 0 saturated carbocycles. The molecule has 0 aliphatic carbocycles. The normalized spacial score (nSPS) is 18.4. The third kappa shape index (κ3) is 8.62. The zero-order valence-electron chi connectivity index (χ0n) is 19.9. The number of guanidine groups is 1. The molecule has 2 N–H and O–H groups in total. The fourth-order valence-electron chi connectivity index (χ4n) is 3.85. The van der Waals surface area contributed by atoms with E-state index < -0.39 is 0 Å². The number of rotatable bonds is 11. The van der Waals surface area contributed by atoms with Gasteiger partial charge in [0, 0.05) is 57.9 Å². The van der Waals surface area contributed by atoms with Crippen LogP contribution in [-0.2, 0) is 6.54 Å². The summed E-state index contributed by atoms with van der Waals surface area (Å²) in [5.41, 5.74) is 1.36. The molecule has 1 fully saturated rings. The van der Waals surface area contributed by atoms with Gasteiger partial charge < -0.3 is 15.5 Å². The third-order valence-corrected chi connectivity index (χ3v) is 6.22. The van der Waals surface area contributed by atoms with Crippen LogP contribution in [0.25, 0.3) is 0 Å². The lowest BCUT2D eigenvalue weighted by atomic mass is 10.1. The SMILES string of the molecule is CCNC(=NCC(C)N1CCN(CC)CC1)NCCC(C)N(C)Cc1ccccc1. The largest absolute Gasteiger partial charge is 0.357 e. The van der Waals surface area contributed by atoms with Gasteiger partial charge in [0.05, 0.1) is 6.54 Å². The monoisotopic (exact) mass is 416 g/mol. The Kier molecular flexibility index (Phi) is 11.2. The molecule has 0 spiro atoms. The van der Waals surface area contributed by atoms with E-state index >= 15 is 0 Å². The van der Waals surface area contributed by atoms with E-state index in [0.29, 0.717) is 12.1 Å². The lowest BCUT2D eigenvalue weighted by Crippen LogP contribution is -2.50. The molecule has 30 heavy (non-hydrogen) atoms. The summed E-state index contributed by atoms with van der Waals surface area (Å²) in [5.74, 6) is 0.939. The molecule has 1 aromatic rings. The number of piperazine rings is 1. The van der Waals surface area contributed by atoms with Gasteiger partial charge in [0.15, 0.2) is 5.96 Å². The lowest BCUT2D eigenvalue weighted by Gasteiger charge is -2.37. The van der Waals surface area contributed by atoms with Crippen LogP contribution >= 0.6 is 0 Å². The zero-order valence-corrected chi connectivity index (χ0v) is 19.9. The highest BCUT2D eigenvalue weighted by Crippen LogP contribution is 2.08. The molecule has 2 rings (SSSR count). The molecule has 1 aliphatic heterocycles. The number of nitrogens with zero attached hydrogens (tertiary/aromatic N) is 4. The van der Waals surface area contributed by atoms with E-state index in [4.69, 9.17) is 4.99 Å². The van der Waals surface area contributed by atoms with Crippen LogP contribution in [0.5, 0.6) is 0 Å². The van der Waals surface area contributed by atoms with E-state index in [1.165, 1.54) is 18.7 Å². The molecule has 1 saturated heterocycles. The van der Waals surface area contributed by atoms with Gasteiger partial charge in [-0.2, -0.15) is 0 Å². The molecule has 0 radical (unpaired) electrons. The molecule has 2 atom stereocenters. The molecule has 1 aliphatic rings. The first-order valence-corrected chi connectivity index (χ1v) is 11.8. The number of hydrogen-bond donors (Lipinski definition) is 2. The summed E-state index contributed by atoms with van der Waals surface area (Å²) < 4.78 is 0. The van der Waals surface area contributed by atoms with Crippen LogP contribution in [0.15, 0.2) is 35.3 Å². The van der Waals surface area contributed by atoms with Gasteiger partial charge >= 0.3 is 0 Å². The molecule has 2 unspecified atom stereocenters. The van der Waals surface area contributed by atoms with Crippen molar-refractivity contribution in [2.45, 2.75) is 52.7 Å². The number of benzene rings is 1. The minimum atomic E-state index is 0.482. The highest BCUT2D eigenvalue weighted by molar-refractivity contribution is 5.79. The van der Waals surface area contributed by atoms with Crippen LogP contribution in [0.4, 0.5) is 0 Å². The van der Waals surface area contributed by atoms with Gasteiger partial charge in [-0.15, -0.1) is 0 Å². The maximum Gasteiger partial charge on any atom is 0.191 e. The molecule has 0 bridgehead atoms. The molecule has 6 heteroatoms. The second-order valence-electron chi connectivity index (χ2n) is 8.50. The van der Waals surface area contributed by atoms with E-state index in [1.807, 2.05) is 0 Å². The van der Waals surface area contributed by atoms with Crippen LogP contribution in [-0.4, -0.2) is 92.1 Å². The van der Waals surface area contributed by atoms with Crippen molar-refractivity contribution in [1.82, 2.24) is 25.3 Å². The topological polar surface area (TPSA) is 46.1 Å². The summed E-state index contributed by atoms with van der Waals surface area (Å²) in [6, 6.07) is 11.7. The van der Waals surface area contributed by atoms with Crippen molar-refractivity contribution in [3.63, 3.8) is 0 Å². The number of nitrogens with one attached hydrogen (secondary N) is 2. The van der Waals surface area contributed by atoms with Gasteiger partial charge in [0.2, 0.25) is 0 Å². The van der Waals surface area contributed by atoms with Gasteiger partial charge in [-0.25, -0.2) is 0 Å². The Morgan fingerprint density at radius 2 is 1.77 bits per heavy atom. The van der Waals surface area contributed by atoms with E-state index in [9.17, 15) is 0 Å². The van der Waals surface area contributed by atoms with Crippen LogP contribution in [0.3, 0.4) is 0 Å². The molecular formula is C24H44N6. The van der Waals surface area contributed by atoms with Crippen molar-refractivity contribution in [2.24, 2.45) is 4.99 Å². The van der Waals surface area contributed by atoms with E-state index in [-0.39, 0.29) is 0 Å². The van der Waals surface area contributed by atoms with Gasteiger partial charge in [-0.05, 0) is 46.3 Å². The van der Waals surface area contributed by atoms with Gasteiger partial charge in [0.25, 0.3) is 0 Å². The van der Waals surface area contributed by atoms with Gasteiger partial charge in [-0.3, -0.25) is 14.8 Å². The van der Waals surface area contributed by atoms with E-state index in [0.717, 1.165) is 58.2 Å². The first kappa shape index (κ1) is 24.6. The molecule has 0 amide bonds. The van der Waals surface area contributed by atoms with Crippen LogP contribution < -0.4 is 10.6 Å². The van der Waals surface area contributed by atoms with E-state index in [1.54, 1.807) is 0 Å². The molecule has 170 valence electrons. The Balaban J connectivity index is 1.73. The second kappa shape index (κ2) is 13.6. The average molecular weight is 417 g/mol. The molecule has 6 nitrogen and oxygen atoms in total. The zero-order chi connectivity index (χ0) is 21.8. The Morgan fingerprint density at radius 3 is 2.40 bits per heavy atom. The predicted molar refractivity (Wildman–Crippen MR) is 129 cm³/mol. The second-order valence-corrected chi connectivity index (χ2v) is 8.50. The highest BCUT2D eigenvalue weighted by Gasteiger charge is 2.20. The molecule has 1 heterocycles. The van der Waals surface area contributed by atoms with Crippen molar-refractivity contribution in [1.29, 1.82) is 0 Å². The summed E-state index contributed by atoms with van der Waals surface area (Å²) in [6.07, 6.45) is 1.09. The Morgan fingerprint density at radius 1 is 1.07 bits per heavy atom. The van der Waals surface area contributed by atoms with Gasteiger partial charge in [-0.1, -0.05) is 37.3 Å².